The first-order chi connectivity index (χ1) is 16.9. The average molecular weight is 482 g/mol. The van der Waals surface area contributed by atoms with E-state index in [0.717, 1.165) is 6.20 Å². The van der Waals surface area contributed by atoms with Gasteiger partial charge >= 0.3 is 5.97 Å². The van der Waals surface area contributed by atoms with Crippen LogP contribution in [0.4, 0.5) is 4.39 Å². The van der Waals surface area contributed by atoms with E-state index in [9.17, 15) is 23.9 Å². The summed E-state index contributed by atoms with van der Waals surface area (Å²) in [5, 5.41) is 13.6. The van der Waals surface area contributed by atoms with Gasteiger partial charge < -0.3 is 29.6 Å². The number of halogens is 1. The van der Waals surface area contributed by atoms with E-state index >= 15 is 0 Å². The number of rotatable bonds is 8. The monoisotopic (exact) mass is 482 g/mol. The molecule has 0 saturated heterocycles. The number of carbonyl (C=O) groups excluding carboxylic acids is 2. The second-order valence-corrected chi connectivity index (χ2v) is 7.79. The highest BCUT2D eigenvalue weighted by Crippen LogP contribution is 2.39. The fraction of sp³-hybridized carbons (Fsp3) is 0.240. The topological polar surface area (TPSA) is 127 Å². The van der Waals surface area contributed by atoms with Crippen molar-refractivity contribution in [2.75, 3.05) is 13.4 Å². The molecule has 1 atom stereocenters. The second-order valence-electron chi connectivity index (χ2n) is 7.79. The van der Waals surface area contributed by atoms with E-state index < -0.39 is 29.1 Å². The van der Waals surface area contributed by atoms with Crippen LogP contribution in [0.2, 0.25) is 0 Å². The van der Waals surface area contributed by atoms with Gasteiger partial charge in [-0.25, -0.2) is 9.18 Å². The minimum atomic E-state index is -0.934. The molecule has 3 N–H and O–H groups in total. The van der Waals surface area contributed by atoms with Crippen molar-refractivity contribution in [3.05, 3.63) is 87.1 Å². The van der Waals surface area contributed by atoms with Crippen LogP contribution in [0, 0.1) is 5.82 Å². The van der Waals surface area contributed by atoms with Crippen LogP contribution in [0.25, 0.3) is 0 Å². The molecule has 0 fully saturated rings. The van der Waals surface area contributed by atoms with Gasteiger partial charge in [0.05, 0.1) is 12.2 Å². The molecule has 2 aromatic carbocycles. The average Bonchev–Trinajstić information content (AvgIpc) is 3.31. The van der Waals surface area contributed by atoms with Crippen LogP contribution in [-0.4, -0.2) is 35.4 Å². The number of fused-ring (bicyclic) bond motifs is 1. The molecule has 2 heterocycles. The van der Waals surface area contributed by atoms with Crippen LogP contribution in [0.5, 0.6) is 17.2 Å². The molecule has 1 aliphatic heterocycles. The lowest BCUT2D eigenvalue weighted by atomic mass is 9.87. The predicted octanol–water partition coefficient (Wildman–Crippen LogP) is 2.96. The Morgan fingerprint density at radius 3 is 2.66 bits per heavy atom. The van der Waals surface area contributed by atoms with Crippen molar-refractivity contribution in [2.24, 2.45) is 0 Å². The van der Waals surface area contributed by atoms with Crippen LogP contribution < -0.4 is 20.3 Å². The van der Waals surface area contributed by atoms with Gasteiger partial charge in [-0.2, -0.15) is 0 Å². The number of ether oxygens (including phenoxy) is 3. The van der Waals surface area contributed by atoms with Gasteiger partial charge in [0.2, 0.25) is 12.7 Å². The van der Waals surface area contributed by atoms with Gasteiger partial charge in [0.15, 0.2) is 11.5 Å². The van der Waals surface area contributed by atoms with Gasteiger partial charge in [0.1, 0.15) is 17.1 Å². The van der Waals surface area contributed by atoms with Gasteiger partial charge in [0.25, 0.3) is 5.56 Å². The number of carbonyl (C=O) groups is 2. The Kier molecular flexibility index (Phi) is 7.00. The molecule has 3 aromatic rings. The van der Waals surface area contributed by atoms with Crippen molar-refractivity contribution in [3.63, 3.8) is 0 Å². The molecule has 182 valence electrons. The fourth-order valence-electron chi connectivity index (χ4n) is 3.80. The van der Waals surface area contributed by atoms with Crippen molar-refractivity contribution in [1.29, 1.82) is 0 Å². The minimum Gasteiger partial charge on any atom is -0.506 e. The smallest absolute Gasteiger partial charge is 0.343 e. The molecule has 10 heteroatoms. The summed E-state index contributed by atoms with van der Waals surface area (Å²) in [6, 6.07) is 10.6. The van der Waals surface area contributed by atoms with E-state index in [0.29, 0.717) is 22.6 Å². The Labute approximate surface area is 199 Å². The first-order valence-corrected chi connectivity index (χ1v) is 10.9. The number of aromatic hydroxyl groups is 1. The Hall–Kier alpha value is -4.34. The lowest BCUT2D eigenvalue weighted by Crippen LogP contribution is -2.27. The first-order valence-electron chi connectivity index (χ1n) is 10.9. The SMILES string of the molecule is CCOC(=O)c1c[nH]c(=O)c([C@@H](CC(=O)NCc2ccc(F)cc2)c2ccc3c(c2)OCO3)c1O. The molecule has 9 nitrogen and oxygen atoms in total. The molecule has 0 saturated carbocycles. The summed E-state index contributed by atoms with van der Waals surface area (Å²) in [4.78, 5) is 40.5. The Morgan fingerprint density at radius 1 is 1.17 bits per heavy atom. The molecule has 1 amide bonds. The quantitative estimate of drug-likeness (QED) is 0.421. The van der Waals surface area contributed by atoms with Crippen molar-refractivity contribution >= 4 is 11.9 Å². The summed E-state index contributed by atoms with van der Waals surface area (Å²) in [7, 11) is 0. The third-order valence-electron chi connectivity index (χ3n) is 5.54. The van der Waals surface area contributed by atoms with Crippen LogP contribution in [0.1, 0.15) is 46.3 Å². The van der Waals surface area contributed by atoms with Crippen molar-refractivity contribution in [2.45, 2.75) is 25.8 Å². The fourth-order valence-corrected chi connectivity index (χ4v) is 3.80. The predicted molar refractivity (Wildman–Crippen MR) is 122 cm³/mol. The van der Waals surface area contributed by atoms with Crippen LogP contribution in [0.3, 0.4) is 0 Å². The highest BCUT2D eigenvalue weighted by Gasteiger charge is 2.29. The number of amides is 1. The molecule has 0 aliphatic carbocycles. The van der Waals surface area contributed by atoms with Gasteiger partial charge in [-0.05, 0) is 42.3 Å². The van der Waals surface area contributed by atoms with E-state index in [2.05, 4.69) is 10.3 Å². The lowest BCUT2D eigenvalue weighted by molar-refractivity contribution is -0.121. The van der Waals surface area contributed by atoms with Gasteiger partial charge in [-0.15, -0.1) is 0 Å². The summed E-state index contributed by atoms with van der Waals surface area (Å²) in [5.41, 5.74) is 0.132. The second kappa shape index (κ2) is 10.3. The molecule has 1 aliphatic rings. The van der Waals surface area contributed by atoms with E-state index in [4.69, 9.17) is 14.2 Å². The summed E-state index contributed by atoms with van der Waals surface area (Å²) >= 11 is 0. The zero-order valence-corrected chi connectivity index (χ0v) is 18.8. The number of hydrogen-bond acceptors (Lipinski definition) is 7. The largest absolute Gasteiger partial charge is 0.506 e. The minimum absolute atomic E-state index is 0.0335. The Morgan fingerprint density at radius 2 is 1.91 bits per heavy atom. The molecule has 1 aromatic heterocycles. The maximum Gasteiger partial charge on any atom is 0.343 e. The highest BCUT2D eigenvalue weighted by molar-refractivity contribution is 5.92. The Balaban J connectivity index is 1.68. The van der Waals surface area contributed by atoms with E-state index in [1.54, 1.807) is 37.3 Å². The van der Waals surface area contributed by atoms with Crippen molar-refractivity contribution in [1.82, 2.24) is 10.3 Å². The normalized spacial score (nSPS) is 12.7. The van der Waals surface area contributed by atoms with Gasteiger partial charge in [-0.3, -0.25) is 9.59 Å². The van der Waals surface area contributed by atoms with Crippen LogP contribution >= 0.6 is 0 Å². The molecule has 0 radical (unpaired) electrons. The number of benzene rings is 2. The standard InChI is InChI=1S/C25H23FN2O7/c1-2-33-25(32)18-12-28-24(31)22(23(18)30)17(15-5-8-19-20(9-15)35-13-34-19)10-21(29)27-11-14-3-6-16(26)7-4-14/h3-9,12,17H,2,10-11,13H2,1H3,(H,27,29)(H2,28,30,31)/t17-/m0/s1. The van der Waals surface area contributed by atoms with Crippen molar-refractivity contribution in [3.8, 4) is 17.2 Å². The highest BCUT2D eigenvalue weighted by atomic mass is 19.1. The number of aromatic nitrogens is 1. The summed E-state index contributed by atoms with van der Waals surface area (Å²) < 4.78 is 28.9. The maximum absolute atomic E-state index is 13.1. The van der Waals surface area contributed by atoms with Crippen molar-refractivity contribution < 1.29 is 33.3 Å². The van der Waals surface area contributed by atoms with Crippen LogP contribution in [0.15, 0.2) is 53.5 Å². The number of aromatic amines is 1. The molecule has 0 unspecified atom stereocenters. The Bertz CT molecular complexity index is 1300. The molecular weight excluding hydrogens is 459 g/mol. The molecule has 35 heavy (non-hydrogen) atoms. The van der Waals surface area contributed by atoms with E-state index in [1.165, 1.54) is 12.1 Å². The first kappa shape index (κ1) is 23.8. The number of hydrogen-bond donors (Lipinski definition) is 3. The van der Waals surface area contributed by atoms with Gasteiger partial charge in [0, 0.05) is 25.1 Å². The molecule has 0 bridgehead atoms. The third kappa shape index (κ3) is 5.26. The molecule has 4 rings (SSSR count). The number of H-pyrrole nitrogens is 1. The van der Waals surface area contributed by atoms with E-state index in [1.807, 2.05) is 0 Å². The van der Waals surface area contributed by atoms with E-state index in [-0.39, 0.29) is 43.3 Å². The summed E-state index contributed by atoms with van der Waals surface area (Å²) in [5.74, 6) is -2.20. The number of nitrogens with one attached hydrogen (secondary N) is 2. The third-order valence-corrected chi connectivity index (χ3v) is 5.54. The van der Waals surface area contributed by atoms with Gasteiger partial charge in [-0.1, -0.05) is 18.2 Å². The zero-order valence-electron chi connectivity index (χ0n) is 18.8. The summed E-state index contributed by atoms with van der Waals surface area (Å²) in [6.07, 6.45) is 0.841. The zero-order chi connectivity index (χ0) is 24.9. The number of pyridine rings is 1. The van der Waals surface area contributed by atoms with Crippen LogP contribution in [-0.2, 0) is 16.1 Å². The lowest BCUT2D eigenvalue weighted by Gasteiger charge is -2.19. The molecular formula is C25H23FN2O7. The number of esters is 1. The summed E-state index contributed by atoms with van der Waals surface area (Å²) in [6.45, 7) is 1.86. The molecule has 0 spiro atoms. The maximum atomic E-state index is 13.1.